The molecule has 1 amide bonds. The van der Waals surface area contributed by atoms with Gasteiger partial charge in [0.2, 0.25) is 0 Å². The fraction of sp³-hybridized carbons (Fsp3) is 0.458. The largest absolute Gasteiger partial charge is 0.372 e. The molecule has 5 heteroatoms. The van der Waals surface area contributed by atoms with Gasteiger partial charge in [0.05, 0.1) is 0 Å². The Morgan fingerprint density at radius 3 is 2.31 bits per heavy atom. The van der Waals surface area contributed by atoms with E-state index in [0.29, 0.717) is 6.54 Å². The summed E-state index contributed by atoms with van der Waals surface area (Å²) < 4.78 is 0. The molecule has 5 rings (SSSR count). The lowest BCUT2D eigenvalue weighted by Crippen LogP contribution is -2.49. The van der Waals surface area contributed by atoms with Crippen molar-refractivity contribution < 1.29 is 4.79 Å². The average molecular weight is 391 g/mol. The predicted octanol–water partition coefficient (Wildman–Crippen LogP) is 2.97. The Morgan fingerprint density at radius 2 is 1.55 bits per heavy atom. The number of amides is 1. The number of nitrogens with one attached hydrogen (secondary N) is 1. The molecule has 0 bridgehead atoms. The van der Waals surface area contributed by atoms with Crippen LogP contribution < -0.4 is 15.1 Å². The summed E-state index contributed by atoms with van der Waals surface area (Å²) >= 11 is 0. The van der Waals surface area contributed by atoms with E-state index < -0.39 is 0 Å². The van der Waals surface area contributed by atoms with Crippen molar-refractivity contribution in [3.8, 4) is 0 Å². The Morgan fingerprint density at radius 1 is 0.828 bits per heavy atom. The van der Waals surface area contributed by atoms with E-state index in [4.69, 9.17) is 0 Å². The molecule has 0 aliphatic carbocycles. The van der Waals surface area contributed by atoms with E-state index in [1.807, 2.05) is 6.07 Å². The minimum atomic E-state index is 0.0645. The minimum Gasteiger partial charge on any atom is -0.372 e. The van der Waals surface area contributed by atoms with Gasteiger partial charge in [-0.25, -0.2) is 0 Å². The second-order valence-electron chi connectivity index (χ2n) is 8.58. The van der Waals surface area contributed by atoms with Crippen molar-refractivity contribution in [2.75, 3.05) is 55.6 Å². The van der Waals surface area contributed by atoms with Crippen LogP contribution in [0, 0.1) is 5.92 Å². The van der Waals surface area contributed by atoms with Gasteiger partial charge in [-0.2, -0.15) is 0 Å². The molecule has 1 N–H and O–H groups in total. The van der Waals surface area contributed by atoms with Crippen LogP contribution in [-0.4, -0.2) is 56.6 Å². The summed E-state index contributed by atoms with van der Waals surface area (Å²) in [5.41, 5.74) is 4.61. The van der Waals surface area contributed by atoms with Gasteiger partial charge in [-0.3, -0.25) is 9.69 Å². The van der Waals surface area contributed by atoms with Gasteiger partial charge in [-0.15, -0.1) is 0 Å². The molecular weight excluding hydrogens is 360 g/mol. The van der Waals surface area contributed by atoms with Gasteiger partial charge in [-0.05, 0) is 54.7 Å². The molecule has 2 fully saturated rings. The molecule has 0 atom stereocenters. The van der Waals surface area contributed by atoms with E-state index in [0.717, 1.165) is 43.2 Å². The monoisotopic (exact) mass is 390 g/mol. The number of piperazine rings is 1. The van der Waals surface area contributed by atoms with Gasteiger partial charge in [-0.1, -0.05) is 18.2 Å². The molecule has 0 spiro atoms. The van der Waals surface area contributed by atoms with Gasteiger partial charge in [0.15, 0.2) is 0 Å². The zero-order valence-corrected chi connectivity index (χ0v) is 17.0. The number of nitrogens with zero attached hydrogens (tertiary/aromatic N) is 3. The fourth-order valence-electron chi connectivity index (χ4n) is 4.98. The zero-order valence-electron chi connectivity index (χ0n) is 17.0. The molecule has 0 saturated carbocycles. The Balaban J connectivity index is 1.10. The van der Waals surface area contributed by atoms with Gasteiger partial charge in [0.25, 0.3) is 5.91 Å². The summed E-state index contributed by atoms with van der Waals surface area (Å²) in [6.45, 7) is 8.67. The van der Waals surface area contributed by atoms with Crippen molar-refractivity contribution in [2.24, 2.45) is 5.92 Å². The highest BCUT2D eigenvalue weighted by Crippen LogP contribution is 2.26. The van der Waals surface area contributed by atoms with E-state index in [2.05, 4.69) is 62.5 Å². The number of para-hydroxylation sites is 1. The molecule has 3 aliphatic heterocycles. The van der Waals surface area contributed by atoms with Crippen LogP contribution in [0.15, 0.2) is 48.5 Å². The maximum atomic E-state index is 11.8. The van der Waals surface area contributed by atoms with Crippen LogP contribution in [0.5, 0.6) is 0 Å². The molecule has 0 unspecified atom stereocenters. The number of carbonyl (C=O) groups is 1. The normalized spacial score (nSPS) is 20.6. The van der Waals surface area contributed by atoms with Crippen molar-refractivity contribution in [3.63, 3.8) is 0 Å². The number of hydrogen-bond donors (Lipinski definition) is 1. The van der Waals surface area contributed by atoms with Gasteiger partial charge in [0.1, 0.15) is 0 Å². The molecule has 3 aliphatic rings. The molecule has 2 aromatic rings. The lowest BCUT2D eigenvalue weighted by Gasteiger charge is -2.40. The van der Waals surface area contributed by atoms with Gasteiger partial charge in [0, 0.05) is 69.3 Å². The summed E-state index contributed by atoms with van der Waals surface area (Å²) in [5.74, 6) is 0.883. The maximum absolute atomic E-state index is 11.8. The molecule has 3 heterocycles. The summed E-state index contributed by atoms with van der Waals surface area (Å²) in [7, 11) is 0. The second kappa shape index (κ2) is 8.07. The Kier molecular flexibility index (Phi) is 5.15. The summed E-state index contributed by atoms with van der Waals surface area (Å²) in [5, 5.41) is 2.91. The molecule has 29 heavy (non-hydrogen) atoms. The van der Waals surface area contributed by atoms with Crippen LogP contribution in [0.3, 0.4) is 0 Å². The zero-order chi connectivity index (χ0) is 19.6. The highest BCUT2D eigenvalue weighted by Gasteiger charge is 2.25. The molecule has 2 aromatic carbocycles. The first-order valence-electron chi connectivity index (χ1n) is 10.9. The highest BCUT2D eigenvalue weighted by atomic mass is 16.1. The molecule has 2 saturated heterocycles. The third-order valence-corrected chi connectivity index (χ3v) is 6.76. The lowest BCUT2D eigenvalue weighted by molar-refractivity contribution is 0.0966. The van der Waals surface area contributed by atoms with Crippen LogP contribution in [0.4, 0.5) is 11.4 Å². The van der Waals surface area contributed by atoms with Crippen molar-refractivity contribution in [1.29, 1.82) is 0 Å². The topological polar surface area (TPSA) is 38.8 Å². The first-order valence-corrected chi connectivity index (χ1v) is 10.9. The van der Waals surface area contributed by atoms with Crippen LogP contribution in [-0.2, 0) is 6.54 Å². The number of fused-ring (bicyclic) bond motifs is 1. The molecular formula is C24H30N4O. The van der Waals surface area contributed by atoms with Gasteiger partial charge < -0.3 is 15.1 Å². The van der Waals surface area contributed by atoms with E-state index in [-0.39, 0.29) is 5.91 Å². The first-order chi connectivity index (χ1) is 14.3. The van der Waals surface area contributed by atoms with Crippen LogP contribution >= 0.6 is 0 Å². The summed E-state index contributed by atoms with van der Waals surface area (Å²) in [6.07, 6.45) is 2.59. The third kappa shape index (κ3) is 3.97. The summed E-state index contributed by atoms with van der Waals surface area (Å²) in [6, 6.07) is 17.1. The lowest BCUT2D eigenvalue weighted by atomic mass is 9.95. The molecule has 0 radical (unpaired) electrons. The van der Waals surface area contributed by atoms with Crippen molar-refractivity contribution in [1.82, 2.24) is 10.2 Å². The average Bonchev–Trinajstić information content (AvgIpc) is 3.16. The first kappa shape index (κ1) is 18.5. The Labute approximate surface area is 173 Å². The highest BCUT2D eigenvalue weighted by molar-refractivity contribution is 5.98. The maximum Gasteiger partial charge on any atom is 0.251 e. The molecule has 0 aromatic heterocycles. The number of rotatable bonds is 4. The molecule has 5 nitrogen and oxygen atoms in total. The van der Waals surface area contributed by atoms with Crippen molar-refractivity contribution >= 4 is 17.3 Å². The number of carbonyl (C=O) groups excluding carboxylic acids is 1. The van der Waals surface area contributed by atoms with Crippen molar-refractivity contribution in [2.45, 2.75) is 19.4 Å². The van der Waals surface area contributed by atoms with Crippen LogP contribution in [0.1, 0.15) is 28.8 Å². The van der Waals surface area contributed by atoms with Crippen molar-refractivity contribution in [3.05, 3.63) is 59.7 Å². The summed E-state index contributed by atoms with van der Waals surface area (Å²) in [4.78, 5) is 19.4. The van der Waals surface area contributed by atoms with E-state index in [1.165, 1.54) is 43.9 Å². The Hall–Kier alpha value is -2.53. The smallest absolute Gasteiger partial charge is 0.251 e. The quantitative estimate of drug-likeness (QED) is 0.871. The minimum absolute atomic E-state index is 0.0645. The van der Waals surface area contributed by atoms with Crippen LogP contribution in [0.2, 0.25) is 0 Å². The third-order valence-electron chi connectivity index (χ3n) is 6.76. The number of hydrogen-bond acceptors (Lipinski definition) is 4. The number of piperidine rings is 1. The van der Waals surface area contributed by atoms with E-state index in [9.17, 15) is 4.79 Å². The number of benzene rings is 2. The fourth-order valence-corrected chi connectivity index (χ4v) is 4.98. The van der Waals surface area contributed by atoms with Crippen LogP contribution in [0.25, 0.3) is 0 Å². The second-order valence-corrected chi connectivity index (χ2v) is 8.58. The standard InChI is InChI=1S/C24H30N4O/c29-24-23-7-6-22(16-20(23)17-25-24)28-14-12-26(13-15-28)18-19-8-10-27(11-9-19)21-4-2-1-3-5-21/h1-7,16,19H,8-15,17-18H2,(H,25,29). The van der Waals surface area contributed by atoms with E-state index >= 15 is 0 Å². The number of anilines is 2. The predicted molar refractivity (Wildman–Crippen MR) is 118 cm³/mol. The molecule has 152 valence electrons. The van der Waals surface area contributed by atoms with E-state index in [1.54, 1.807) is 0 Å². The SMILES string of the molecule is O=C1NCc2cc(N3CCN(CC4CCN(c5ccccc5)CC4)CC3)ccc21. The Bertz CT molecular complexity index is 852. The van der Waals surface area contributed by atoms with Gasteiger partial charge >= 0.3 is 0 Å².